The Bertz CT molecular complexity index is 167. The molecule has 1 saturated carbocycles. The van der Waals surface area contributed by atoms with Gasteiger partial charge in [-0.25, -0.2) is 0 Å². The molecule has 1 N–H and O–H groups in total. The van der Waals surface area contributed by atoms with Crippen LogP contribution in [-0.4, -0.2) is 12.1 Å². The van der Waals surface area contributed by atoms with Crippen LogP contribution in [0.5, 0.6) is 0 Å². The van der Waals surface area contributed by atoms with Crippen LogP contribution in [0, 0.1) is 5.92 Å². The molecule has 0 aromatic rings. The number of nitrogens with one attached hydrogen (secondary N) is 1. The molecule has 0 bridgehead atoms. The smallest absolute Gasteiger partial charge is 0.00979 e. The van der Waals surface area contributed by atoms with E-state index >= 15 is 0 Å². The zero-order valence-corrected chi connectivity index (χ0v) is 9.60. The number of hydrogen-bond acceptors (Lipinski definition) is 1. The summed E-state index contributed by atoms with van der Waals surface area (Å²) >= 11 is 0. The van der Waals surface area contributed by atoms with E-state index in [4.69, 9.17) is 0 Å². The fourth-order valence-corrected chi connectivity index (χ4v) is 3.25. The van der Waals surface area contributed by atoms with Gasteiger partial charge in [0.15, 0.2) is 0 Å². The summed E-state index contributed by atoms with van der Waals surface area (Å²) in [7, 11) is 0. The average molecular weight is 195 g/mol. The first-order chi connectivity index (χ1) is 6.90. The van der Waals surface area contributed by atoms with Crippen molar-refractivity contribution in [3.63, 3.8) is 0 Å². The third-order valence-electron chi connectivity index (χ3n) is 4.15. The Hall–Kier alpha value is -0.0400. The molecule has 1 aliphatic heterocycles. The van der Waals surface area contributed by atoms with Crippen molar-refractivity contribution in [2.75, 3.05) is 0 Å². The van der Waals surface area contributed by atoms with Gasteiger partial charge >= 0.3 is 0 Å². The summed E-state index contributed by atoms with van der Waals surface area (Å²) in [5, 5.41) is 3.89. The number of fused-ring (bicyclic) bond motifs is 1. The topological polar surface area (TPSA) is 12.0 Å². The average Bonchev–Trinajstić information content (AvgIpc) is 2.26. The first-order valence-corrected chi connectivity index (χ1v) is 6.66. The van der Waals surface area contributed by atoms with Gasteiger partial charge in [-0.1, -0.05) is 32.6 Å². The predicted octanol–water partition coefficient (Wildman–Crippen LogP) is 3.49. The van der Waals surface area contributed by atoms with Crippen LogP contribution in [-0.2, 0) is 0 Å². The maximum absolute atomic E-state index is 3.89. The molecule has 14 heavy (non-hydrogen) atoms. The molecule has 0 radical (unpaired) electrons. The summed E-state index contributed by atoms with van der Waals surface area (Å²) in [5.74, 6) is 1.03. The van der Waals surface area contributed by atoms with Gasteiger partial charge in [0.2, 0.25) is 0 Å². The van der Waals surface area contributed by atoms with E-state index in [1.165, 1.54) is 57.8 Å². The molecule has 0 spiro atoms. The van der Waals surface area contributed by atoms with Gasteiger partial charge in [0, 0.05) is 12.1 Å². The molecule has 2 aliphatic rings. The zero-order chi connectivity index (χ0) is 9.80. The Morgan fingerprint density at radius 3 is 2.79 bits per heavy atom. The van der Waals surface area contributed by atoms with E-state index in [0.717, 1.165) is 18.0 Å². The summed E-state index contributed by atoms with van der Waals surface area (Å²) < 4.78 is 0. The van der Waals surface area contributed by atoms with Gasteiger partial charge in [-0.3, -0.25) is 0 Å². The van der Waals surface area contributed by atoms with E-state index in [9.17, 15) is 0 Å². The second-order valence-electron chi connectivity index (χ2n) is 5.23. The Morgan fingerprint density at radius 2 is 1.93 bits per heavy atom. The molecule has 0 amide bonds. The normalized spacial score (nSPS) is 37.9. The second kappa shape index (κ2) is 5.16. The third kappa shape index (κ3) is 2.50. The molecule has 2 rings (SSSR count). The molecule has 82 valence electrons. The first-order valence-electron chi connectivity index (χ1n) is 6.66. The standard InChI is InChI=1S/C13H25N/c1-2-3-7-12-10-9-11-6-4-5-8-13(11)14-12/h11-14H,2-10H2,1H3. The molecule has 1 heterocycles. The van der Waals surface area contributed by atoms with E-state index in [1.807, 2.05) is 0 Å². The summed E-state index contributed by atoms with van der Waals surface area (Å²) in [6.45, 7) is 2.30. The van der Waals surface area contributed by atoms with Crippen molar-refractivity contribution < 1.29 is 0 Å². The van der Waals surface area contributed by atoms with E-state index < -0.39 is 0 Å². The molecular weight excluding hydrogens is 170 g/mol. The number of piperidine rings is 1. The van der Waals surface area contributed by atoms with E-state index in [1.54, 1.807) is 0 Å². The van der Waals surface area contributed by atoms with Crippen LogP contribution in [0.15, 0.2) is 0 Å². The molecule has 1 aliphatic carbocycles. The molecule has 1 saturated heterocycles. The van der Waals surface area contributed by atoms with Gasteiger partial charge in [-0.15, -0.1) is 0 Å². The van der Waals surface area contributed by atoms with Crippen molar-refractivity contribution in [1.29, 1.82) is 0 Å². The monoisotopic (exact) mass is 195 g/mol. The van der Waals surface area contributed by atoms with Crippen molar-refractivity contribution in [3.05, 3.63) is 0 Å². The quantitative estimate of drug-likeness (QED) is 0.727. The summed E-state index contributed by atoms with van der Waals surface area (Å²) in [6, 6.07) is 1.74. The van der Waals surface area contributed by atoms with Crippen molar-refractivity contribution in [1.82, 2.24) is 5.32 Å². The van der Waals surface area contributed by atoms with E-state index in [2.05, 4.69) is 12.2 Å². The lowest BCUT2D eigenvalue weighted by atomic mass is 9.77. The summed E-state index contributed by atoms with van der Waals surface area (Å²) in [5.41, 5.74) is 0. The van der Waals surface area contributed by atoms with Crippen LogP contribution in [0.1, 0.15) is 64.7 Å². The number of rotatable bonds is 3. The molecule has 0 aromatic heterocycles. The fraction of sp³-hybridized carbons (Fsp3) is 1.00. The summed E-state index contributed by atoms with van der Waals surface area (Å²) in [6.07, 6.45) is 13.0. The highest BCUT2D eigenvalue weighted by molar-refractivity contribution is 4.88. The highest BCUT2D eigenvalue weighted by Crippen LogP contribution is 2.33. The Morgan fingerprint density at radius 1 is 1.07 bits per heavy atom. The third-order valence-corrected chi connectivity index (χ3v) is 4.15. The molecule has 3 atom stereocenters. The lowest BCUT2D eigenvalue weighted by Gasteiger charge is -2.40. The summed E-state index contributed by atoms with van der Waals surface area (Å²) in [4.78, 5) is 0. The molecular formula is C13H25N. The lowest BCUT2D eigenvalue weighted by molar-refractivity contribution is 0.170. The molecule has 1 nitrogen and oxygen atoms in total. The zero-order valence-electron chi connectivity index (χ0n) is 9.60. The van der Waals surface area contributed by atoms with Gasteiger partial charge in [0.1, 0.15) is 0 Å². The van der Waals surface area contributed by atoms with Gasteiger partial charge in [-0.05, 0) is 38.0 Å². The van der Waals surface area contributed by atoms with Crippen molar-refractivity contribution in [2.24, 2.45) is 5.92 Å². The highest BCUT2D eigenvalue weighted by atomic mass is 15.0. The van der Waals surface area contributed by atoms with Crippen LogP contribution in [0.25, 0.3) is 0 Å². The van der Waals surface area contributed by atoms with Crippen molar-refractivity contribution in [3.8, 4) is 0 Å². The van der Waals surface area contributed by atoms with Crippen molar-refractivity contribution in [2.45, 2.75) is 76.8 Å². The van der Waals surface area contributed by atoms with Crippen LogP contribution in [0.3, 0.4) is 0 Å². The van der Waals surface area contributed by atoms with Crippen molar-refractivity contribution >= 4 is 0 Å². The van der Waals surface area contributed by atoms with E-state index in [0.29, 0.717) is 0 Å². The molecule has 1 heteroatoms. The molecule has 0 aromatic carbocycles. The van der Waals surface area contributed by atoms with Crippen LogP contribution in [0.4, 0.5) is 0 Å². The van der Waals surface area contributed by atoms with Gasteiger partial charge in [-0.2, -0.15) is 0 Å². The molecule has 3 unspecified atom stereocenters. The van der Waals surface area contributed by atoms with Crippen LogP contribution in [0.2, 0.25) is 0 Å². The second-order valence-corrected chi connectivity index (χ2v) is 5.23. The maximum Gasteiger partial charge on any atom is 0.00979 e. The predicted molar refractivity (Wildman–Crippen MR) is 61.4 cm³/mol. The molecule has 2 fully saturated rings. The van der Waals surface area contributed by atoms with Gasteiger partial charge in [0.25, 0.3) is 0 Å². The van der Waals surface area contributed by atoms with Gasteiger partial charge < -0.3 is 5.32 Å². The number of unbranched alkanes of at least 4 members (excludes halogenated alkanes) is 1. The lowest BCUT2D eigenvalue weighted by Crippen LogP contribution is -2.48. The first kappa shape index (κ1) is 10.5. The maximum atomic E-state index is 3.89. The minimum absolute atomic E-state index is 0.856. The minimum Gasteiger partial charge on any atom is -0.311 e. The Kier molecular flexibility index (Phi) is 3.86. The Balaban J connectivity index is 1.77. The largest absolute Gasteiger partial charge is 0.311 e. The Labute approximate surface area is 88.7 Å². The highest BCUT2D eigenvalue weighted by Gasteiger charge is 2.30. The van der Waals surface area contributed by atoms with Gasteiger partial charge in [0.05, 0.1) is 0 Å². The van der Waals surface area contributed by atoms with Crippen LogP contribution < -0.4 is 5.32 Å². The minimum atomic E-state index is 0.856. The fourth-order valence-electron chi connectivity index (χ4n) is 3.25. The number of hydrogen-bond donors (Lipinski definition) is 1. The van der Waals surface area contributed by atoms with Crippen LogP contribution >= 0.6 is 0 Å². The SMILES string of the molecule is CCCCC1CCC2CCCCC2N1. The van der Waals surface area contributed by atoms with E-state index in [-0.39, 0.29) is 0 Å².